The molecule has 1 saturated carbocycles. The minimum Gasteiger partial charge on any atom is -0.329 e. The number of hydrogen-bond acceptors (Lipinski definition) is 2. The normalized spacial score (nSPS) is 17.4. The van der Waals surface area contributed by atoms with E-state index in [1.54, 1.807) is 12.1 Å². The molecule has 1 aromatic carbocycles. The van der Waals surface area contributed by atoms with E-state index in [0.29, 0.717) is 16.7 Å². The second kappa shape index (κ2) is 4.74. The lowest BCUT2D eigenvalue weighted by Crippen LogP contribution is -2.47. The van der Waals surface area contributed by atoms with Crippen molar-refractivity contribution in [3.05, 3.63) is 28.5 Å². The molecular formula is C12H14BrFN2O. The van der Waals surface area contributed by atoms with Gasteiger partial charge >= 0.3 is 0 Å². The van der Waals surface area contributed by atoms with Gasteiger partial charge in [-0.3, -0.25) is 4.79 Å². The summed E-state index contributed by atoms with van der Waals surface area (Å²) in [4.78, 5) is 12.0. The number of amides is 1. The van der Waals surface area contributed by atoms with E-state index in [-0.39, 0.29) is 5.91 Å². The molecule has 0 unspecified atom stereocenters. The van der Waals surface area contributed by atoms with E-state index in [4.69, 9.17) is 5.73 Å². The van der Waals surface area contributed by atoms with E-state index >= 15 is 0 Å². The Balaban J connectivity index is 2.10. The average molecular weight is 301 g/mol. The molecule has 0 bridgehead atoms. The van der Waals surface area contributed by atoms with Crippen LogP contribution in [0.5, 0.6) is 0 Å². The molecule has 0 radical (unpaired) electrons. The lowest BCUT2D eigenvalue weighted by atomic mass is 9.68. The standard InChI is InChI=1S/C12H14BrFN2O/c13-9-3-2-8(6-10(9)14)16-11(17)12(7-15)4-1-5-12/h2-3,6H,1,4-5,7,15H2,(H,16,17). The molecule has 0 aliphatic heterocycles. The molecule has 0 aromatic heterocycles. The Labute approximate surface area is 108 Å². The summed E-state index contributed by atoms with van der Waals surface area (Å²) in [5.74, 6) is -0.494. The molecule has 0 atom stereocenters. The van der Waals surface area contributed by atoms with Crippen LogP contribution < -0.4 is 11.1 Å². The number of carbonyl (C=O) groups excluding carboxylic acids is 1. The number of anilines is 1. The summed E-state index contributed by atoms with van der Waals surface area (Å²) < 4.78 is 13.7. The summed E-state index contributed by atoms with van der Waals surface area (Å²) in [5.41, 5.74) is 5.66. The van der Waals surface area contributed by atoms with Crippen LogP contribution in [0, 0.1) is 11.2 Å². The van der Waals surface area contributed by atoms with Crippen LogP contribution in [0.4, 0.5) is 10.1 Å². The van der Waals surface area contributed by atoms with E-state index in [1.807, 2.05) is 0 Å². The molecule has 5 heteroatoms. The van der Waals surface area contributed by atoms with E-state index in [1.165, 1.54) is 6.07 Å². The van der Waals surface area contributed by atoms with Crippen molar-refractivity contribution >= 4 is 27.5 Å². The van der Waals surface area contributed by atoms with Crippen molar-refractivity contribution in [2.45, 2.75) is 19.3 Å². The van der Waals surface area contributed by atoms with Gasteiger partial charge in [-0.2, -0.15) is 0 Å². The minimum absolute atomic E-state index is 0.104. The van der Waals surface area contributed by atoms with Gasteiger partial charge in [-0.1, -0.05) is 6.42 Å². The maximum atomic E-state index is 13.3. The first-order valence-corrected chi connectivity index (χ1v) is 6.33. The third kappa shape index (κ3) is 2.35. The van der Waals surface area contributed by atoms with Crippen molar-refractivity contribution in [2.24, 2.45) is 11.1 Å². The zero-order valence-corrected chi connectivity index (χ0v) is 10.9. The first-order valence-electron chi connectivity index (χ1n) is 5.54. The number of hydrogen-bond donors (Lipinski definition) is 2. The van der Waals surface area contributed by atoms with Crippen molar-refractivity contribution in [2.75, 3.05) is 11.9 Å². The molecule has 0 saturated heterocycles. The Bertz CT molecular complexity index is 441. The van der Waals surface area contributed by atoms with Gasteiger partial charge in [0.2, 0.25) is 5.91 Å². The number of nitrogens with two attached hydrogens (primary N) is 1. The van der Waals surface area contributed by atoms with Gasteiger partial charge in [0.15, 0.2) is 0 Å². The van der Waals surface area contributed by atoms with Crippen molar-refractivity contribution in [1.29, 1.82) is 0 Å². The predicted octanol–water partition coefficient (Wildman–Crippen LogP) is 2.66. The van der Waals surface area contributed by atoms with E-state index in [0.717, 1.165) is 19.3 Å². The van der Waals surface area contributed by atoms with Gasteiger partial charge in [-0.15, -0.1) is 0 Å². The summed E-state index contributed by atoms with van der Waals surface area (Å²) >= 11 is 3.07. The Morgan fingerprint density at radius 1 is 1.53 bits per heavy atom. The second-order valence-corrected chi connectivity index (χ2v) is 5.28. The molecular weight excluding hydrogens is 287 g/mol. The summed E-state index contributed by atoms with van der Waals surface area (Å²) in [6.07, 6.45) is 2.65. The van der Waals surface area contributed by atoms with Crippen LogP contribution in [0.15, 0.2) is 22.7 Å². The molecule has 0 heterocycles. The van der Waals surface area contributed by atoms with Crippen molar-refractivity contribution in [1.82, 2.24) is 0 Å². The Hall–Kier alpha value is -0.940. The molecule has 1 fully saturated rings. The van der Waals surface area contributed by atoms with Gasteiger partial charge in [0, 0.05) is 12.2 Å². The highest BCUT2D eigenvalue weighted by Crippen LogP contribution is 2.40. The lowest BCUT2D eigenvalue weighted by Gasteiger charge is -2.39. The molecule has 1 aromatic rings. The van der Waals surface area contributed by atoms with Crippen LogP contribution in [0.25, 0.3) is 0 Å². The fourth-order valence-corrected chi connectivity index (χ4v) is 2.21. The van der Waals surface area contributed by atoms with Crippen LogP contribution >= 0.6 is 15.9 Å². The van der Waals surface area contributed by atoms with E-state index in [9.17, 15) is 9.18 Å². The molecule has 1 aliphatic rings. The molecule has 1 aliphatic carbocycles. The number of carbonyl (C=O) groups is 1. The fourth-order valence-electron chi connectivity index (χ4n) is 1.96. The number of rotatable bonds is 3. The topological polar surface area (TPSA) is 55.1 Å². The maximum Gasteiger partial charge on any atom is 0.231 e. The summed E-state index contributed by atoms with van der Waals surface area (Å²) in [7, 11) is 0. The fraction of sp³-hybridized carbons (Fsp3) is 0.417. The van der Waals surface area contributed by atoms with Gasteiger partial charge in [0.1, 0.15) is 5.82 Å². The Morgan fingerprint density at radius 2 is 2.24 bits per heavy atom. The SMILES string of the molecule is NCC1(C(=O)Nc2ccc(Br)c(F)c2)CCC1. The largest absolute Gasteiger partial charge is 0.329 e. The highest BCUT2D eigenvalue weighted by Gasteiger charge is 2.42. The third-order valence-electron chi connectivity index (χ3n) is 3.36. The molecule has 1 amide bonds. The molecule has 3 nitrogen and oxygen atoms in total. The van der Waals surface area contributed by atoms with Crippen LogP contribution in [0.1, 0.15) is 19.3 Å². The first kappa shape index (κ1) is 12.5. The highest BCUT2D eigenvalue weighted by molar-refractivity contribution is 9.10. The molecule has 17 heavy (non-hydrogen) atoms. The van der Waals surface area contributed by atoms with Crippen molar-refractivity contribution < 1.29 is 9.18 Å². The monoisotopic (exact) mass is 300 g/mol. The number of halogens is 2. The van der Waals surface area contributed by atoms with E-state index in [2.05, 4.69) is 21.2 Å². The van der Waals surface area contributed by atoms with Gasteiger partial charge in [-0.25, -0.2) is 4.39 Å². The number of benzene rings is 1. The zero-order chi connectivity index (χ0) is 12.5. The number of nitrogens with one attached hydrogen (secondary N) is 1. The van der Waals surface area contributed by atoms with Gasteiger partial charge in [0.25, 0.3) is 0 Å². The minimum atomic E-state index is -0.441. The first-order chi connectivity index (χ1) is 8.07. The van der Waals surface area contributed by atoms with Crippen molar-refractivity contribution in [3.63, 3.8) is 0 Å². The Kier molecular flexibility index (Phi) is 3.49. The van der Waals surface area contributed by atoms with Crippen LogP contribution in [0.3, 0.4) is 0 Å². The van der Waals surface area contributed by atoms with Crippen LogP contribution in [0.2, 0.25) is 0 Å². The predicted molar refractivity (Wildman–Crippen MR) is 68.1 cm³/mol. The van der Waals surface area contributed by atoms with E-state index < -0.39 is 11.2 Å². The molecule has 0 spiro atoms. The summed E-state index contributed by atoms with van der Waals surface area (Å²) in [6.45, 7) is 0.345. The summed E-state index contributed by atoms with van der Waals surface area (Å²) in [6, 6.07) is 4.53. The smallest absolute Gasteiger partial charge is 0.231 e. The zero-order valence-electron chi connectivity index (χ0n) is 9.30. The highest BCUT2D eigenvalue weighted by atomic mass is 79.9. The molecule has 3 N–H and O–H groups in total. The quantitative estimate of drug-likeness (QED) is 0.902. The lowest BCUT2D eigenvalue weighted by molar-refractivity contribution is -0.129. The second-order valence-electron chi connectivity index (χ2n) is 4.42. The third-order valence-corrected chi connectivity index (χ3v) is 4.00. The van der Waals surface area contributed by atoms with Crippen molar-refractivity contribution in [3.8, 4) is 0 Å². The Morgan fingerprint density at radius 3 is 2.71 bits per heavy atom. The average Bonchev–Trinajstić information content (AvgIpc) is 2.23. The molecule has 92 valence electrons. The maximum absolute atomic E-state index is 13.3. The van der Waals surface area contributed by atoms with Crippen LogP contribution in [-0.4, -0.2) is 12.5 Å². The molecule has 2 rings (SSSR count). The summed E-state index contributed by atoms with van der Waals surface area (Å²) in [5, 5.41) is 2.72. The van der Waals surface area contributed by atoms with Gasteiger partial charge in [0.05, 0.1) is 9.89 Å². The van der Waals surface area contributed by atoms with Crippen LogP contribution in [-0.2, 0) is 4.79 Å². The van der Waals surface area contributed by atoms with Gasteiger partial charge in [-0.05, 0) is 47.0 Å². The van der Waals surface area contributed by atoms with Gasteiger partial charge < -0.3 is 11.1 Å².